The Balaban J connectivity index is 1.36. The largest absolute Gasteiger partial charge is 0.322 e. The number of nitrogens with zero attached hydrogens (tertiary/aromatic N) is 6. The van der Waals surface area contributed by atoms with Crippen molar-refractivity contribution in [2.75, 3.05) is 26.2 Å². The Labute approximate surface area is 223 Å². The van der Waals surface area contributed by atoms with Crippen LogP contribution in [0.15, 0.2) is 53.3 Å². The summed E-state index contributed by atoms with van der Waals surface area (Å²) in [6.45, 7) is 8.69. The lowest BCUT2D eigenvalue weighted by atomic mass is 9.95. The van der Waals surface area contributed by atoms with Crippen molar-refractivity contribution >= 4 is 10.9 Å². The Morgan fingerprint density at radius 2 is 1.68 bits per heavy atom. The summed E-state index contributed by atoms with van der Waals surface area (Å²) in [6, 6.07) is 16.9. The van der Waals surface area contributed by atoms with E-state index in [-0.39, 0.29) is 11.6 Å². The van der Waals surface area contributed by atoms with Crippen molar-refractivity contribution in [2.45, 2.75) is 64.6 Å². The van der Waals surface area contributed by atoms with Crippen molar-refractivity contribution < 1.29 is 0 Å². The van der Waals surface area contributed by atoms with Gasteiger partial charge in [0.2, 0.25) is 0 Å². The molecule has 4 aromatic rings. The first kappa shape index (κ1) is 24.9. The molecule has 0 bridgehead atoms. The number of nitrogens with one attached hydrogen (secondary N) is 1. The third kappa shape index (κ3) is 5.02. The van der Waals surface area contributed by atoms with E-state index < -0.39 is 0 Å². The average molecular weight is 512 g/mol. The highest BCUT2D eigenvalue weighted by molar-refractivity contribution is 5.81. The first-order chi connectivity index (χ1) is 18.6. The summed E-state index contributed by atoms with van der Waals surface area (Å²) in [5.41, 5.74) is 5.26. The standard InChI is InChI=1S/C30H37N7O/c1-21-17-24-19-26(30(38)31-27(24)18-22(21)2)28(29-32-33-34-37(29)25-11-7-4-8-12-25)36-15-13-35(14-16-36)20-23-9-5-3-6-10-23/h3,5-6,9-10,17-19,25,28H,4,7-8,11-16,20H2,1-2H3,(H,31,38)/t28-/m1/s1. The maximum atomic E-state index is 13.6. The molecule has 1 N–H and O–H groups in total. The molecule has 38 heavy (non-hydrogen) atoms. The van der Waals surface area contributed by atoms with Crippen molar-refractivity contribution in [3.05, 3.63) is 87.0 Å². The monoisotopic (exact) mass is 511 g/mol. The number of tetrazole rings is 1. The van der Waals surface area contributed by atoms with E-state index in [0.717, 1.165) is 67.9 Å². The van der Waals surface area contributed by atoms with Gasteiger partial charge in [0, 0.05) is 43.8 Å². The number of rotatable bonds is 6. The summed E-state index contributed by atoms with van der Waals surface area (Å²) >= 11 is 0. The van der Waals surface area contributed by atoms with Crippen LogP contribution in [-0.4, -0.2) is 61.2 Å². The quantitative estimate of drug-likeness (QED) is 0.409. The minimum absolute atomic E-state index is 0.0596. The lowest BCUT2D eigenvalue weighted by molar-refractivity contribution is 0.0982. The number of hydrogen-bond acceptors (Lipinski definition) is 6. The second-order valence-electron chi connectivity index (χ2n) is 11.1. The van der Waals surface area contributed by atoms with Crippen LogP contribution in [-0.2, 0) is 6.54 Å². The molecule has 8 heteroatoms. The zero-order valence-electron chi connectivity index (χ0n) is 22.4. The van der Waals surface area contributed by atoms with Crippen molar-refractivity contribution in [3.8, 4) is 0 Å². The molecule has 8 nitrogen and oxygen atoms in total. The van der Waals surface area contributed by atoms with Crippen molar-refractivity contribution in [3.63, 3.8) is 0 Å². The van der Waals surface area contributed by atoms with Crippen LogP contribution in [0.4, 0.5) is 0 Å². The number of aromatic nitrogens is 5. The minimum Gasteiger partial charge on any atom is -0.322 e. The summed E-state index contributed by atoms with van der Waals surface area (Å²) < 4.78 is 2.03. The molecule has 0 radical (unpaired) electrons. The van der Waals surface area contributed by atoms with Gasteiger partial charge in [0.05, 0.1) is 6.04 Å². The number of benzene rings is 2. The fourth-order valence-electron chi connectivity index (χ4n) is 6.18. The van der Waals surface area contributed by atoms with Crippen molar-refractivity contribution in [1.82, 2.24) is 35.0 Å². The second kappa shape index (κ2) is 10.8. The van der Waals surface area contributed by atoms with E-state index in [1.165, 1.54) is 36.0 Å². The van der Waals surface area contributed by atoms with Gasteiger partial charge in [0.25, 0.3) is 5.56 Å². The Bertz CT molecular complexity index is 1450. The molecule has 2 aromatic carbocycles. The summed E-state index contributed by atoms with van der Waals surface area (Å²) in [4.78, 5) is 21.7. The third-order valence-electron chi connectivity index (χ3n) is 8.49. The lowest BCUT2D eigenvalue weighted by Gasteiger charge is -2.39. The molecule has 2 aromatic heterocycles. The van der Waals surface area contributed by atoms with E-state index in [1.807, 2.05) is 4.68 Å². The highest BCUT2D eigenvalue weighted by Gasteiger charge is 2.34. The molecule has 2 aliphatic rings. The summed E-state index contributed by atoms with van der Waals surface area (Å²) in [5, 5.41) is 14.2. The summed E-state index contributed by atoms with van der Waals surface area (Å²) in [6.07, 6.45) is 5.83. The van der Waals surface area contributed by atoms with Gasteiger partial charge in [-0.2, -0.15) is 0 Å². The maximum absolute atomic E-state index is 13.6. The fourth-order valence-corrected chi connectivity index (χ4v) is 6.18. The van der Waals surface area contributed by atoms with E-state index in [1.54, 1.807) is 0 Å². The Kier molecular flexibility index (Phi) is 7.08. The van der Waals surface area contributed by atoms with Gasteiger partial charge in [-0.3, -0.25) is 14.6 Å². The van der Waals surface area contributed by atoms with Crippen molar-refractivity contribution in [2.24, 2.45) is 0 Å². The van der Waals surface area contributed by atoms with Crippen LogP contribution in [0.1, 0.15) is 72.3 Å². The zero-order chi connectivity index (χ0) is 26.1. The van der Waals surface area contributed by atoms with Crippen LogP contribution < -0.4 is 5.56 Å². The smallest absolute Gasteiger partial charge is 0.253 e. The van der Waals surface area contributed by atoms with Crippen LogP contribution in [0.25, 0.3) is 10.9 Å². The van der Waals surface area contributed by atoms with Crippen LogP contribution >= 0.6 is 0 Å². The molecule has 3 heterocycles. The van der Waals surface area contributed by atoms with Crippen LogP contribution in [0.3, 0.4) is 0 Å². The van der Waals surface area contributed by atoms with E-state index in [4.69, 9.17) is 0 Å². The van der Waals surface area contributed by atoms with Gasteiger partial charge in [0.15, 0.2) is 5.82 Å². The maximum Gasteiger partial charge on any atom is 0.253 e. The molecule has 0 amide bonds. The van der Waals surface area contributed by atoms with Gasteiger partial charge in [-0.1, -0.05) is 49.6 Å². The van der Waals surface area contributed by atoms with Gasteiger partial charge in [-0.15, -0.1) is 5.10 Å². The topological polar surface area (TPSA) is 82.9 Å². The lowest BCUT2D eigenvalue weighted by Crippen LogP contribution is -2.48. The minimum atomic E-state index is -0.291. The SMILES string of the molecule is Cc1cc2cc([C@H](c3nnnn3C3CCCCC3)N3CCN(Cc4ccccc4)CC3)c(=O)[nH]c2cc1C. The second-order valence-corrected chi connectivity index (χ2v) is 11.1. The van der Waals surface area contributed by atoms with Crippen LogP contribution in [0, 0.1) is 13.8 Å². The predicted octanol–water partition coefficient (Wildman–Crippen LogP) is 4.54. The van der Waals surface area contributed by atoms with Gasteiger partial charge < -0.3 is 4.98 Å². The number of H-pyrrole nitrogens is 1. The average Bonchev–Trinajstić information content (AvgIpc) is 3.42. The van der Waals surface area contributed by atoms with E-state index in [2.05, 4.69) is 92.7 Å². The normalized spacial score (nSPS) is 18.7. The zero-order valence-corrected chi connectivity index (χ0v) is 22.4. The molecule has 1 aliphatic heterocycles. The highest BCUT2D eigenvalue weighted by atomic mass is 16.1. The van der Waals surface area contributed by atoms with Crippen LogP contribution in [0.2, 0.25) is 0 Å². The van der Waals surface area contributed by atoms with Crippen molar-refractivity contribution in [1.29, 1.82) is 0 Å². The highest BCUT2D eigenvalue weighted by Crippen LogP contribution is 2.33. The fraction of sp³-hybridized carbons (Fsp3) is 0.467. The molecule has 1 aliphatic carbocycles. The molecule has 1 atom stereocenters. The number of piperazine rings is 1. The summed E-state index contributed by atoms with van der Waals surface area (Å²) in [7, 11) is 0. The first-order valence-corrected chi connectivity index (χ1v) is 14.0. The Morgan fingerprint density at radius 3 is 2.45 bits per heavy atom. The number of hydrogen-bond donors (Lipinski definition) is 1. The molecule has 2 fully saturated rings. The number of aryl methyl sites for hydroxylation is 2. The van der Waals surface area contributed by atoms with E-state index in [0.29, 0.717) is 6.04 Å². The third-order valence-corrected chi connectivity index (χ3v) is 8.49. The Hall–Kier alpha value is -3.36. The molecule has 0 spiro atoms. The molecule has 0 unspecified atom stereocenters. The molecule has 6 rings (SSSR count). The Morgan fingerprint density at radius 1 is 0.947 bits per heavy atom. The summed E-state index contributed by atoms with van der Waals surface area (Å²) in [5.74, 6) is 0.794. The van der Waals surface area contributed by atoms with Gasteiger partial charge in [0.1, 0.15) is 6.04 Å². The van der Waals surface area contributed by atoms with E-state index in [9.17, 15) is 4.79 Å². The first-order valence-electron chi connectivity index (χ1n) is 14.0. The molecule has 1 saturated carbocycles. The van der Waals surface area contributed by atoms with E-state index >= 15 is 0 Å². The van der Waals surface area contributed by atoms with Gasteiger partial charge in [-0.05, 0) is 77.4 Å². The van der Waals surface area contributed by atoms with Gasteiger partial charge in [-0.25, -0.2) is 4.68 Å². The molecule has 198 valence electrons. The number of fused-ring (bicyclic) bond motifs is 1. The predicted molar refractivity (Wildman–Crippen MR) is 149 cm³/mol. The number of pyridine rings is 1. The number of aromatic amines is 1. The van der Waals surface area contributed by atoms with Gasteiger partial charge >= 0.3 is 0 Å². The molecular weight excluding hydrogens is 474 g/mol. The molecular formula is C30H37N7O. The van der Waals surface area contributed by atoms with Crippen LogP contribution in [0.5, 0.6) is 0 Å². The molecule has 1 saturated heterocycles.